The second-order valence-corrected chi connectivity index (χ2v) is 9.73. The number of nitrogens with zero attached hydrogens (tertiary/aromatic N) is 1. The van der Waals surface area contributed by atoms with Crippen LogP contribution in [-0.4, -0.2) is 26.8 Å². The van der Waals surface area contributed by atoms with Gasteiger partial charge in [-0.05, 0) is 66.4 Å². The smallest absolute Gasteiger partial charge is 0.335 e. The van der Waals surface area contributed by atoms with E-state index in [9.17, 15) is 9.90 Å². The summed E-state index contributed by atoms with van der Waals surface area (Å²) in [6, 6.07) is 22.8. The van der Waals surface area contributed by atoms with Crippen LogP contribution in [-0.2, 0) is 0 Å². The fourth-order valence-electron chi connectivity index (χ4n) is 5.64. The van der Waals surface area contributed by atoms with Crippen LogP contribution in [0, 0.1) is 0 Å². The largest absolute Gasteiger partial charge is 0.478 e. The molecule has 0 amide bonds. The van der Waals surface area contributed by atoms with Gasteiger partial charge in [0.2, 0.25) is 0 Å². The minimum atomic E-state index is -0.961. The quantitative estimate of drug-likeness (QED) is 0.343. The summed E-state index contributed by atoms with van der Waals surface area (Å²) >= 11 is 11.4. The second kappa shape index (κ2) is 7.72. The minimum Gasteiger partial charge on any atom is -0.478 e. The number of fused-ring (bicyclic) bond motifs is 4. The van der Waals surface area contributed by atoms with Crippen LogP contribution in [0.1, 0.15) is 57.8 Å². The molecule has 0 radical (unpaired) electrons. The number of carbonyl (C=O) groups is 1. The van der Waals surface area contributed by atoms with Crippen LogP contribution in [0.25, 0.3) is 6.08 Å². The highest BCUT2D eigenvalue weighted by atomic mass is 32.1. The Kier molecular flexibility index (Phi) is 4.78. The molecule has 5 heteroatoms. The Balaban J connectivity index is 1.40. The number of hydrogen-bond acceptors (Lipinski definition) is 4. The van der Waals surface area contributed by atoms with Crippen LogP contribution in [0.15, 0.2) is 72.3 Å². The molecule has 1 heterocycles. The van der Waals surface area contributed by atoms with E-state index in [1.165, 1.54) is 36.2 Å². The van der Waals surface area contributed by atoms with Gasteiger partial charge < -0.3 is 10.0 Å². The van der Waals surface area contributed by atoms with Crippen molar-refractivity contribution in [3.63, 3.8) is 0 Å². The van der Waals surface area contributed by atoms with Gasteiger partial charge in [-0.15, -0.1) is 0 Å². The Morgan fingerprint density at radius 3 is 2.52 bits per heavy atom. The van der Waals surface area contributed by atoms with Crippen LogP contribution >= 0.6 is 24.4 Å². The van der Waals surface area contributed by atoms with Gasteiger partial charge >= 0.3 is 5.97 Å². The number of carboxylic acid groups (broad SMARTS) is 1. The normalized spacial score (nSPS) is 21.9. The van der Waals surface area contributed by atoms with Crippen molar-refractivity contribution in [2.45, 2.75) is 31.2 Å². The van der Waals surface area contributed by atoms with Gasteiger partial charge in [-0.1, -0.05) is 61.2 Å². The molecule has 0 aromatic heterocycles. The van der Waals surface area contributed by atoms with E-state index in [1.54, 1.807) is 18.2 Å². The molecule has 2 unspecified atom stereocenters. The Morgan fingerprint density at radius 2 is 1.73 bits per heavy atom. The van der Waals surface area contributed by atoms with Crippen LogP contribution in [0.3, 0.4) is 0 Å². The third kappa shape index (κ3) is 3.18. The highest BCUT2D eigenvalue weighted by Crippen LogP contribution is 2.52. The number of aromatic carboxylic acids is 1. The number of hydrogen-bond donors (Lipinski definition) is 1. The molecule has 1 fully saturated rings. The van der Waals surface area contributed by atoms with E-state index in [1.807, 2.05) is 0 Å². The number of para-hydroxylation sites is 1. The molecular weight excluding hydrogens is 446 g/mol. The van der Waals surface area contributed by atoms with Gasteiger partial charge in [0.15, 0.2) is 0 Å². The first-order valence-electron chi connectivity index (χ1n) is 11.2. The Bertz CT molecular complexity index is 1380. The van der Waals surface area contributed by atoms with Crippen molar-refractivity contribution in [3.05, 3.63) is 100 Å². The third-order valence-corrected chi connectivity index (χ3v) is 7.99. The predicted molar refractivity (Wildman–Crippen MR) is 140 cm³/mol. The lowest BCUT2D eigenvalue weighted by atomic mass is 9.95. The zero-order chi connectivity index (χ0) is 22.7. The fourth-order valence-corrected chi connectivity index (χ4v) is 6.38. The number of carboxylic acids is 1. The number of thiocarbonyl (C=S) groups is 2. The van der Waals surface area contributed by atoms with Crippen molar-refractivity contribution >= 4 is 57.6 Å². The average molecular weight is 468 g/mol. The number of rotatable bonds is 3. The van der Waals surface area contributed by atoms with Crippen LogP contribution < -0.4 is 4.90 Å². The summed E-state index contributed by atoms with van der Waals surface area (Å²) in [6.45, 7) is 0. The Morgan fingerprint density at radius 1 is 0.939 bits per heavy atom. The number of anilines is 2. The van der Waals surface area contributed by atoms with E-state index in [2.05, 4.69) is 59.5 Å². The van der Waals surface area contributed by atoms with Crippen LogP contribution in [0.5, 0.6) is 0 Å². The Hall–Kier alpha value is -3.15. The van der Waals surface area contributed by atoms with Gasteiger partial charge in [0.1, 0.15) is 0 Å². The van der Waals surface area contributed by atoms with E-state index in [0.717, 1.165) is 22.3 Å². The molecule has 0 spiro atoms. The molecule has 3 aromatic carbocycles. The van der Waals surface area contributed by atoms with E-state index in [4.69, 9.17) is 24.4 Å². The SMILES string of the molecule is O=C(O)c1ccc2c(c1)C(=S)/C(=C\c1ccc3c(c1)C1CCCC1N3c1ccccc1)C2=S. The summed E-state index contributed by atoms with van der Waals surface area (Å²) < 4.78 is 0. The van der Waals surface area contributed by atoms with E-state index in [0.29, 0.717) is 21.7 Å². The van der Waals surface area contributed by atoms with Crippen molar-refractivity contribution in [1.29, 1.82) is 0 Å². The van der Waals surface area contributed by atoms with Crippen molar-refractivity contribution in [3.8, 4) is 0 Å². The maximum atomic E-state index is 11.4. The molecule has 3 aliphatic rings. The van der Waals surface area contributed by atoms with Crippen LogP contribution in [0.4, 0.5) is 11.4 Å². The summed E-state index contributed by atoms with van der Waals surface area (Å²) in [5.74, 6) is -0.423. The first-order chi connectivity index (χ1) is 16.0. The molecular formula is C28H21NO2S2. The molecule has 1 aliphatic heterocycles. The number of allylic oxidation sites excluding steroid dienone is 1. The molecule has 1 N–H and O–H groups in total. The highest BCUT2D eigenvalue weighted by molar-refractivity contribution is 7.84. The average Bonchev–Trinajstić information content (AvgIpc) is 3.48. The zero-order valence-electron chi connectivity index (χ0n) is 17.8. The number of benzene rings is 3. The van der Waals surface area contributed by atoms with Gasteiger partial charge in [0, 0.05) is 40.0 Å². The highest BCUT2D eigenvalue weighted by Gasteiger charge is 2.42. The molecule has 0 saturated heterocycles. The zero-order valence-corrected chi connectivity index (χ0v) is 19.5. The first-order valence-corrected chi connectivity index (χ1v) is 12.0. The van der Waals surface area contributed by atoms with Crippen molar-refractivity contribution < 1.29 is 9.90 Å². The molecule has 1 saturated carbocycles. The maximum Gasteiger partial charge on any atom is 0.335 e. The molecule has 2 aliphatic carbocycles. The van der Waals surface area contributed by atoms with Crippen LogP contribution in [0.2, 0.25) is 0 Å². The summed E-state index contributed by atoms with van der Waals surface area (Å²) in [7, 11) is 0. The standard InChI is InChI=1S/C28H21NO2S2/c30-28(31)17-10-11-20-22(15-17)27(33)23(26(20)32)14-16-9-12-25-21(13-16)19-7-4-8-24(19)29(25)18-5-2-1-3-6-18/h1-3,5-6,9-15,19,24H,4,7-8H2,(H,30,31)/b23-14-. The topological polar surface area (TPSA) is 40.5 Å². The van der Waals surface area contributed by atoms with Gasteiger partial charge in [-0.2, -0.15) is 0 Å². The fraction of sp³-hybridized carbons (Fsp3) is 0.179. The van der Waals surface area contributed by atoms with Gasteiger partial charge in [-0.3, -0.25) is 0 Å². The van der Waals surface area contributed by atoms with E-state index < -0.39 is 5.97 Å². The van der Waals surface area contributed by atoms with Crippen molar-refractivity contribution in [1.82, 2.24) is 0 Å². The summed E-state index contributed by atoms with van der Waals surface area (Å²) in [4.78, 5) is 15.2. The van der Waals surface area contributed by atoms with Crippen molar-refractivity contribution in [2.24, 2.45) is 0 Å². The monoisotopic (exact) mass is 467 g/mol. The molecule has 6 rings (SSSR count). The summed E-state index contributed by atoms with van der Waals surface area (Å²) in [5, 5.41) is 9.34. The minimum absolute atomic E-state index is 0.228. The molecule has 2 atom stereocenters. The maximum absolute atomic E-state index is 11.4. The second-order valence-electron chi connectivity index (χ2n) is 8.91. The molecule has 162 valence electrons. The van der Waals surface area contributed by atoms with E-state index in [-0.39, 0.29) is 5.56 Å². The summed E-state index contributed by atoms with van der Waals surface area (Å²) in [6.07, 6.45) is 5.74. The lowest BCUT2D eigenvalue weighted by Gasteiger charge is -2.27. The Labute approximate surface area is 203 Å². The lowest BCUT2D eigenvalue weighted by Crippen LogP contribution is -2.26. The summed E-state index contributed by atoms with van der Waals surface area (Å²) in [5.41, 5.74) is 7.68. The van der Waals surface area contributed by atoms with Gasteiger partial charge in [0.05, 0.1) is 15.3 Å². The predicted octanol–water partition coefficient (Wildman–Crippen LogP) is 6.71. The van der Waals surface area contributed by atoms with Crippen molar-refractivity contribution in [2.75, 3.05) is 4.90 Å². The van der Waals surface area contributed by atoms with Gasteiger partial charge in [0.25, 0.3) is 0 Å². The van der Waals surface area contributed by atoms with E-state index >= 15 is 0 Å². The third-order valence-electron chi connectivity index (χ3n) is 7.11. The molecule has 3 nitrogen and oxygen atoms in total. The first kappa shape index (κ1) is 20.5. The molecule has 0 bridgehead atoms. The molecule has 33 heavy (non-hydrogen) atoms. The van der Waals surface area contributed by atoms with Gasteiger partial charge in [-0.25, -0.2) is 4.79 Å². The molecule has 3 aromatic rings. The lowest BCUT2D eigenvalue weighted by molar-refractivity contribution is 0.0697.